The van der Waals surface area contributed by atoms with Crippen LogP contribution in [0.3, 0.4) is 0 Å². The Hall–Kier alpha value is -4.41. The first-order chi connectivity index (χ1) is 31.8. The van der Waals surface area contributed by atoms with Crippen LogP contribution in [0.2, 0.25) is 0 Å². The van der Waals surface area contributed by atoms with Crippen LogP contribution in [0.5, 0.6) is 0 Å². The van der Waals surface area contributed by atoms with Gasteiger partial charge in [-0.05, 0) is 13.8 Å². The highest BCUT2D eigenvalue weighted by molar-refractivity contribution is 8.77. The van der Waals surface area contributed by atoms with Crippen molar-refractivity contribution in [3.05, 3.63) is 0 Å². The molecule has 0 unspecified atom stereocenters. The largest absolute Gasteiger partial charge is 0.463 e. The third-order valence-corrected chi connectivity index (χ3v) is 14.0. The van der Waals surface area contributed by atoms with Gasteiger partial charge in [-0.25, -0.2) is 0 Å². The van der Waals surface area contributed by atoms with Crippen molar-refractivity contribution in [3.63, 3.8) is 0 Å². The fourth-order valence-corrected chi connectivity index (χ4v) is 12.3. The summed E-state index contributed by atoms with van der Waals surface area (Å²) in [7, 11) is 1.76. The highest BCUT2D eigenvalue weighted by atomic mass is 33.1. The molecule has 0 N–H and O–H groups in total. The summed E-state index contributed by atoms with van der Waals surface area (Å²) in [5, 5.41) is -2.28. The molecule has 0 aromatic carbocycles. The molecule has 68 heavy (non-hydrogen) atoms. The van der Waals surface area contributed by atoms with E-state index in [0.717, 1.165) is 103 Å². The molecular weight excluding hydrogens is 973 g/mol. The second-order valence-electron chi connectivity index (χ2n) is 15.5. The van der Waals surface area contributed by atoms with Gasteiger partial charge in [0.2, 0.25) is 0 Å². The van der Waals surface area contributed by atoms with E-state index in [1.165, 1.54) is 0 Å². The molecule has 3 aliphatic rings. The van der Waals surface area contributed by atoms with E-state index in [-0.39, 0.29) is 0 Å². The molecule has 3 rings (SSSR count). The van der Waals surface area contributed by atoms with Gasteiger partial charge in [0.15, 0.2) is 54.5 Å². The van der Waals surface area contributed by atoms with Gasteiger partial charge in [-0.3, -0.25) is 47.9 Å². The number of ether oxygens (including phenoxy) is 14. The van der Waals surface area contributed by atoms with Crippen LogP contribution in [-0.2, 0) is 114 Å². The van der Waals surface area contributed by atoms with Gasteiger partial charge in [-0.2, -0.15) is 0 Å². The molecule has 3 heterocycles. The summed E-state index contributed by atoms with van der Waals surface area (Å²) in [5.41, 5.74) is -2.84. The van der Waals surface area contributed by atoms with Gasteiger partial charge < -0.3 is 66.3 Å². The smallest absolute Gasteiger partial charge is 0.303 e. The summed E-state index contributed by atoms with van der Waals surface area (Å²) < 4.78 is 80.9. The fraction of sp³-hybridized carbons (Fsp3) is 0.756. The molecule has 3 aliphatic heterocycles. The van der Waals surface area contributed by atoms with Crippen molar-refractivity contribution >= 4 is 93.0 Å². The normalized spacial score (nSPS) is 31.2. The molecule has 0 aromatic heterocycles. The quantitative estimate of drug-likeness (QED) is 0.0951. The van der Waals surface area contributed by atoms with Crippen molar-refractivity contribution in [1.29, 1.82) is 0 Å². The first kappa shape index (κ1) is 57.9. The molecular formula is C41H58O24S3. The molecule has 0 bridgehead atoms. The van der Waals surface area contributed by atoms with E-state index >= 15 is 0 Å². The molecule has 0 aromatic rings. The van der Waals surface area contributed by atoms with Crippen molar-refractivity contribution in [1.82, 2.24) is 0 Å². The van der Waals surface area contributed by atoms with Crippen LogP contribution in [0.15, 0.2) is 0 Å². The van der Waals surface area contributed by atoms with E-state index in [2.05, 4.69) is 0 Å². The predicted molar refractivity (Wildman–Crippen MR) is 231 cm³/mol. The van der Waals surface area contributed by atoms with Crippen molar-refractivity contribution in [3.8, 4) is 0 Å². The first-order valence-corrected chi connectivity index (χ1v) is 24.2. The zero-order chi connectivity index (χ0) is 51.2. The molecule has 24 nitrogen and oxygen atoms in total. The lowest BCUT2D eigenvalue weighted by atomic mass is 9.99. The Kier molecular flexibility index (Phi) is 23.1. The highest BCUT2D eigenvalue weighted by Crippen LogP contribution is 2.50. The van der Waals surface area contributed by atoms with Gasteiger partial charge >= 0.3 is 59.7 Å². The van der Waals surface area contributed by atoms with Crippen molar-refractivity contribution < 1.29 is 114 Å². The van der Waals surface area contributed by atoms with Gasteiger partial charge in [0.25, 0.3) is 0 Å². The standard InChI is InChI=1S/C41H58O24S3/c1-16(2)55-39-36(62-26(12)51)38(67-68-41-35(61-25(11)50)33(59-23(9)48)31(57-21(7)46)28(65-41)14-53-18(4)43)37(29(63-39)15-54-19(5)44)66-40-34(60-24(10)49)32(58-22(8)47)30(56-20(6)45)27(64-40)13-52-17(3)42/h16,27-41H,13-15H2,1-12H3/t27-,28-,29-,30-,31-,32+,33+,34-,35-,36-,37-,38-,39+,40+,41+/m1/s1. The van der Waals surface area contributed by atoms with E-state index in [1.807, 2.05) is 0 Å². The monoisotopic (exact) mass is 1030 g/mol. The maximum atomic E-state index is 13.0. The Balaban J connectivity index is 2.32. The number of carbonyl (C=O) groups is 10. The van der Waals surface area contributed by atoms with Crippen LogP contribution in [0.25, 0.3) is 0 Å². The van der Waals surface area contributed by atoms with Gasteiger partial charge in [0, 0.05) is 69.2 Å². The van der Waals surface area contributed by atoms with Crippen molar-refractivity contribution in [2.75, 3.05) is 19.8 Å². The second kappa shape index (κ2) is 27.1. The van der Waals surface area contributed by atoms with Crippen molar-refractivity contribution in [2.45, 2.75) is 178 Å². The Morgan fingerprint density at radius 1 is 0.382 bits per heavy atom. The maximum absolute atomic E-state index is 13.0. The molecule has 0 radical (unpaired) electrons. The summed E-state index contributed by atoms with van der Waals surface area (Å²) in [4.78, 5) is 125. The van der Waals surface area contributed by atoms with Crippen LogP contribution in [0.4, 0.5) is 0 Å². The average Bonchev–Trinajstić information content (AvgIpc) is 3.19. The average molecular weight is 1030 g/mol. The summed E-state index contributed by atoms with van der Waals surface area (Å²) in [6, 6.07) is 0. The zero-order valence-electron chi connectivity index (χ0n) is 39.4. The van der Waals surface area contributed by atoms with Gasteiger partial charge in [0.05, 0.1) is 16.6 Å². The molecule has 384 valence electrons. The summed E-state index contributed by atoms with van der Waals surface area (Å²) >= 11 is 0.848. The molecule has 0 saturated carbocycles. The molecule has 3 saturated heterocycles. The number of carbonyl (C=O) groups excluding carboxylic acids is 10. The minimum atomic E-state index is -1.59. The zero-order valence-corrected chi connectivity index (χ0v) is 41.8. The molecule has 0 spiro atoms. The predicted octanol–water partition coefficient (Wildman–Crippen LogP) is 1.65. The van der Waals surface area contributed by atoms with Gasteiger partial charge in [0.1, 0.15) is 43.6 Å². The van der Waals surface area contributed by atoms with Crippen molar-refractivity contribution in [2.24, 2.45) is 0 Å². The molecule has 0 amide bonds. The van der Waals surface area contributed by atoms with Crippen LogP contribution >= 0.6 is 33.3 Å². The molecule has 3 fully saturated rings. The third kappa shape index (κ3) is 18.2. The highest BCUT2D eigenvalue weighted by Gasteiger charge is 2.58. The summed E-state index contributed by atoms with van der Waals surface area (Å²) in [6.07, 6.45) is -16.6. The van der Waals surface area contributed by atoms with Crippen LogP contribution < -0.4 is 0 Å². The Morgan fingerprint density at radius 3 is 1.10 bits per heavy atom. The Labute approximate surface area is 403 Å². The SMILES string of the molecule is CC(=O)OC[C@H]1O[C@@H](SS[C@@H]2[C@@H](OC(C)=O)[C@@H](OC(C)C)O[C@H](COC(C)=O)[C@H]2S[C@@H]2O[C@H](COC(C)=O)[C@@H](OC(C)=O)[C@H](OC(C)=O)[C@H]2OC(C)=O)[C@H](OC(C)=O)[C@@H](OC(C)=O)[C@@H]1OC(C)=O. The number of hydrogen-bond acceptors (Lipinski definition) is 27. The minimum Gasteiger partial charge on any atom is -0.463 e. The van der Waals surface area contributed by atoms with E-state index < -0.39 is 174 Å². The van der Waals surface area contributed by atoms with Gasteiger partial charge in [-0.15, -0.1) is 11.8 Å². The fourth-order valence-electron chi connectivity index (χ4n) is 7.02. The lowest BCUT2D eigenvalue weighted by Gasteiger charge is -2.49. The van der Waals surface area contributed by atoms with Crippen LogP contribution in [-0.4, -0.2) is 174 Å². The number of hydrogen-bond donors (Lipinski definition) is 0. The number of thioether (sulfide) groups is 1. The number of esters is 10. The Bertz CT molecular complexity index is 1830. The van der Waals surface area contributed by atoms with Gasteiger partial charge in [-0.1, -0.05) is 21.6 Å². The summed E-state index contributed by atoms with van der Waals surface area (Å²) in [6.45, 7) is 12.6. The van der Waals surface area contributed by atoms with E-state index in [1.54, 1.807) is 13.8 Å². The van der Waals surface area contributed by atoms with E-state index in [9.17, 15) is 47.9 Å². The number of rotatable bonds is 20. The lowest BCUT2D eigenvalue weighted by molar-refractivity contribution is -0.259. The maximum Gasteiger partial charge on any atom is 0.303 e. The second-order valence-corrected chi connectivity index (χ2v) is 19.3. The summed E-state index contributed by atoms with van der Waals surface area (Å²) in [5.74, 6) is -8.32. The third-order valence-electron chi connectivity index (χ3n) is 9.20. The molecule has 15 atom stereocenters. The minimum absolute atomic E-state index is 0.482. The molecule has 27 heteroatoms. The van der Waals surface area contributed by atoms with Crippen LogP contribution in [0, 0.1) is 0 Å². The van der Waals surface area contributed by atoms with E-state index in [0.29, 0.717) is 0 Å². The van der Waals surface area contributed by atoms with Crippen LogP contribution in [0.1, 0.15) is 83.1 Å². The molecule has 0 aliphatic carbocycles. The lowest BCUT2D eigenvalue weighted by Crippen LogP contribution is -2.64. The first-order valence-electron chi connectivity index (χ1n) is 21.0. The topological polar surface area (TPSA) is 300 Å². The van der Waals surface area contributed by atoms with E-state index in [4.69, 9.17) is 66.3 Å². The Morgan fingerprint density at radius 2 is 0.721 bits per heavy atom.